The first-order valence-electron chi connectivity index (χ1n) is 6.20. The Morgan fingerprint density at radius 3 is 2.88 bits per heavy atom. The Balaban J connectivity index is 1.92. The lowest BCUT2D eigenvalue weighted by Gasteiger charge is -2.21. The van der Waals surface area contributed by atoms with E-state index in [4.69, 9.17) is 0 Å². The number of hydrogen-bond acceptors (Lipinski definition) is 4. The molecule has 1 aliphatic heterocycles. The molecule has 1 aliphatic rings. The molecule has 0 radical (unpaired) electrons. The van der Waals surface area contributed by atoms with E-state index in [9.17, 15) is 4.79 Å². The molecule has 0 bridgehead atoms. The van der Waals surface area contributed by atoms with Gasteiger partial charge in [0.25, 0.3) is 5.56 Å². The van der Waals surface area contributed by atoms with Gasteiger partial charge in [-0.15, -0.1) is 0 Å². The maximum atomic E-state index is 11.3. The molecule has 5 heteroatoms. The van der Waals surface area contributed by atoms with Crippen LogP contribution in [0.25, 0.3) is 0 Å². The van der Waals surface area contributed by atoms with Gasteiger partial charge < -0.3 is 15.2 Å². The van der Waals surface area contributed by atoms with Crippen molar-refractivity contribution in [1.82, 2.24) is 14.9 Å². The van der Waals surface area contributed by atoms with Crippen molar-refractivity contribution in [2.45, 2.75) is 32.7 Å². The number of anilines is 1. The van der Waals surface area contributed by atoms with Crippen LogP contribution in [-0.2, 0) is 0 Å². The summed E-state index contributed by atoms with van der Waals surface area (Å²) in [7, 11) is 0. The van der Waals surface area contributed by atoms with E-state index in [2.05, 4.69) is 27.1 Å². The van der Waals surface area contributed by atoms with Crippen molar-refractivity contribution in [2.75, 3.05) is 25.0 Å². The molecule has 0 amide bonds. The highest BCUT2D eigenvalue weighted by Crippen LogP contribution is 2.09. The number of likely N-dealkylation sites (tertiary alicyclic amines) is 1. The number of nitrogens with zero attached hydrogens (tertiary/aromatic N) is 2. The molecule has 1 aromatic heterocycles. The average molecular weight is 236 g/mol. The zero-order valence-electron chi connectivity index (χ0n) is 10.5. The molecule has 1 saturated heterocycles. The third kappa shape index (κ3) is 3.56. The summed E-state index contributed by atoms with van der Waals surface area (Å²) in [4.78, 5) is 20.6. The van der Waals surface area contributed by atoms with Gasteiger partial charge in [0.15, 0.2) is 0 Å². The minimum Gasteiger partial charge on any atom is -0.366 e. The normalized spacial score (nSPS) is 18.2. The van der Waals surface area contributed by atoms with Gasteiger partial charge in [0.2, 0.25) is 0 Å². The SMILES string of the molecule is Cc1nc(NC(C)CN2CCCC2)cc(=O)[nH]1. The van der Waals surface area contributed by atoms with E-state index in [0.717, 1.165) is 6.54 Å². The highest BCUT2D eigenvalue weighted by molar-refractivity contribution is 5.34. The fourth-order valence-electron chi connectivity index (χ4n) is 2.30. The molecule has 0 aliphatic carbocycles. The lowest BCUT2D eigenvalue weighted by atomic mass is 10.3. The maximum Gasteiger partial charge on any atom is 0.252 e. The molecule has 1 aromatic rings. The molecule has 17 heavy (non-hydrogen) atoms. The number of aromatic amines is 1. The molecule has 1 atom stereocenters. The van der Waals surface area contributed by atoms with Gasteiger partial charge in [0, 0.05) is 18.7 Å². The van der Waals surface area contributed by atoms with Crippen LogP contribution in [0.5, 0.6) is 0 Å². The summed E-state index contributed by atoms with van der Waals surface area (Å²) in [5.74, 6) is 1.31. The molecule has 0 saturated carbocycles. The van der Waals surface area contributed by atoms with Crippen molar-refractivity contribution in [2.24, 2.45) is 0 Å². The zero-order valence-corrected chi connectivity index (χ0v) is 10.5. The first-order chi connectivity index (χ1) is 8.13. The molecule has 0 spiro atoms. The van der Waals surface area contributed by atoms with E-state index in [-0.39, 0.29) is 5.56 Å². The number of rotatable bonds is 4. The van der Waals surface area contributed by atoms with Gasteiger partial charge in [-0.1, -0.05) is 0 Å². The minimum atomic E-state index is -0.103. The Hall–Kier alpha value is -1.36. The molecular formula is C12H20N4O. The molecule has 2 rings (SSSR count). The highest BCUT2D eigenvalue weighted by atomic mass is 16.1. The van der Waals surface area contributed by atoms with Crippen LogP contribution in [0.4, 0.5) is 5.82 Å². The molecule has 1 unspecified atom stereocenters. The van der Waals surface area contributed by atoms with Crippen molar-refractivity contribution >= 4 is 5.82 Å². The molecule has 5 nitrogen and oxygen atoms in total. The van der Waals surface area contributed by atoms with E-state index in [1.807, 2.05) is 0 Å². The third-order valence-corrected chi connectivity index (χ3v) is 2.99. The van der Waals surface area contributed by atoms with Crippen LogP contribution in [0.15, 0.2) is 10.9 Å². The summed E-state index contributed by atoms with van der Waals surface area (Å²) in [6, 6.07) is 1.81. The molecular weight excluding hydrogens is 216 g/mol. The standard InChI is InChI=1S/C12H20N4O/c1-9(8-16-5-3-4-6-16)13-11-7-12(17)15-10(2)14-11/h7,9H,3-6,8H2,1-2H3,(H2,13,14,15,17). The number of nitrogens with one attached hydrogen (secondary N) is 2. The second kappa shape index (κ2) is 5.31. The van der Waals surface area contributed by atoms with Crippen molar-refractivity contribution in [3.63, 3.8) is 0 Å². The predicted molar refractivity (Wildman–Crippen MR) is 68.4 cm³/mol. The Bertz CT molecular complexity index is 423. The maximum absolute atomic E-state index is 11.3. The van der Waals surface area contributed by atoms with Crippen molar-refractivity contribution in [1.29, 1.82) is 0 Å². The van der Waals surface area contributed by atoms with E-state index >= 15 is 0 Å². The number of H-pyrrole nitrogens is 1. The summed E-state index contributed by atoms with van der Waals surface area (Å²) in [6.45, 7) is 7.30. The van der Waals surface area contributed by atoms with Crippen LogP contribution in [0, 0.1) is 6.92 Å². The van der Waals surface area contributed by atoms with Gasteiger partial charge in [-0.25, -0.2) is 4.98 Å². The fraction of sp³-hybridized carbons (Fsp3) is 0.667. The summed E-state index contributed by atoms with van der Waals surface area (Å²) in [5, 5.41) is 3.28. The summed E-state index contributed by atoms with van der Waals surface area (Å²) < 4.78 is 0. The van der Waals surface area contributed by atoms with Crippen molar-refractivity contribution < 1.29 is 0 Å². The fourth-order valence-corrected chi connectivity index (χ4v) is 2.30. The van der Waals surface area contributed by atoms with E-state index < -0.39 is 0 Å². The van der Waals surface area contributed by atoms with Crippen LogP contribution < -0.4 is 10.9 Å². The van der Waals surface area contributed by atoms with E-state index in [1.54, 1.807) is 6.92 Å². The zero-order chi connectivity index (χ0) is 12.3. The third-order valence-electron chi connectivity index (χ3n) is 2.99. The molecule has 1 fully saturated rings. The summed E-state index contributed by atoms with van der Waals surface area (Å²) >= 11 is 0. The number of hydrogen-bond donors (Lipinski definition) is 2. The molecule has 2 N–H and O–H groups in total. The van der Waals surface area contributed by atoms with Crippen molar-refractivity contribution in [3.8, 4) is 0 Å². The van der Waals surface area contributed by atoms with Gasteiger partial charge in [-0.3, -0.25) is 4.79 Å². The van der Waals surface area contributed by atoms with Crippen LogP contribution in [0.1, 0.15) is 25.6 Å². The van der Waals surface area contributed by atoms with Gasteiger partial charge in [-0.05, 0) is 39.8 Å². The Morgan fingerprint density at radius 2 is 2.24 bits per heavy atom. The highest BCUT2D eigenvalue weighted by Gasteiger charge is 2.14. The van der Waals surface area contributed by atoms with Crippen molar-refractivity contribution in [3.05, 3.63) is 22.2 Å². The van der Waals surface area contributed by atoms with E-state index in [1.165, 1.54) is 32.0 Å². The van der Waals surface area contributed by atoms with Crippen LogP contribution >= 0.6 is 0 Å². The minimum absolute atomic E-state index is 0.103. The Labute approximate surface area is 101 Å². The topological polar surface area (TPSA) is 61.0 Å². The van der Waals surface area contributed by atoms with Crippen LogP contribution in [-0.4, -0.2) is 40.5 Å². The quantitative estimate of drug-likeness (QED) is 0.818. The monoisotopic (exact) mass is 236 g/mol. The lowest BCUT2D eigenvalue weighted by molar-refractivity contribution is 0.327. The van der Waals surface area contributed by atoms with Gasteiger partial charge in [0.05, 0.1) is 0 Å². The van der Waals surface area contributed by atoms with Gasteiger partial charge >= 0.3 is 0 Å². The number of aryl methyl sites for hydroxylation is 1. The van der Waals surface area contributed by atoms with E-state index in [0.29, 0.717) is 17.7 Å². The molecule has 2 heterocycles. The molecule has 94 valence electrons. The largest absolute Gasteiger partial charge is 0.366 e. The van der Waals surface area contributed by atoms with Crippen LogP contribution in [0.2, 0.25) is 0 Å². The Morgan fingerprint density at radius 1 is 1.53 bits per heavy atom. The van der Waals surface area contributed by atoms with Gasteiger partial charge in [-0.2, -0.15) is 0 Å². The second-order valence-electron chi connectivity index (χ2n) is 4.77. The first kappa shape index (κ1) is 12.1. The summed E-state index contributed by atoms with van der Waals surface area (Å²) in [6.07, 6.45) is 2.60. The average Bonchev–Trinajstić information content (AvgIpc) is 2.67. The molecule has 0 aromatic carbocycles. The first-order valence-corrected chi connectivity index (χ1v) is 6.20. The Kier molecular flexibility index (Phi) is 3.78. The predicted octanol–water partition coefficient (Wildman–Crippen LogP) is 0.975. The smallest absolute Gasteiger partial charge is 0.252 e. The summed E-state index contributed by atoms with van der Waals surface area (Å²) in [5.41, 5.74) is -0.103. The lowest BCUT2D eigenvalue weighted by Crippen LogP contribution is -2.33. The second-order valence-corrected chi connectivity index (χ2v) is 4.77. The van der Waals surface area contributed by atoms with Gasteiger partial charge in [0.1, 0.15) is 11.6 Å². The number of aromatic nitrogens is 2. The van der Waals surface area contributed by atoms with Crippen LogP contribution in [0.3, 0.4) is 0 Å².